The minimum absolute atomic E-state index is 0.147. The summed E-state index contributed by atoms with van der Waals surface area (Å²) in [5, 5.41) is 10.6. The van der Waals surface area contributed by atoms with Crippen molar-refractivity contribution in [3.8, 4) is 0 Å². The van der Waals surface area contributed by atoms with Crippen LogP contribution in [-0.2, 0) is 11.3 Å². The molecule has 0 spiro atoms. The summed E-state index contributed by atoms with van der Waals surface area (Å²) in [4.78, 5) is 2.04. The van der Waals surface area contributed by atoms with Crippen molar-refractivity contribution in [3.63, 3.8) is 0 Å². The zero-order valence-corrected chi connectivity index (χ0v) is 12.0. The van der Waals surface area contributed by atoms with E-state index in [0.717, 1.165) is 17.1 Å². The number of ether oxygens (including phenoxy) is 1. The van der Waals surface area contributed by atoms with Gasteiger partial charge in [-0.1, -0.05) is 29.8 Å². The van der Waals surface area contributed by atoms with Crippen LogP contribution in [0.5, 0.6) is 0 Å². The van der Waals surface area contributed by atoms with Crippen LogP contribution in [0.15, 0.2) is 24.3 Å². The minimum atomic E-state index is -0.472. The number of halogens is 1. The van der Waals surface area contributed by atoms with Gasteiger partial charge in [0.1, 0.15) is 0 Å². The van der Waals surface area contributed by atoms with E-state index in [1.807, 2.05) is 50.1 Å². The van der Waals surface area contributed by atoms with Crippen LogP contribution in [-0.4, -0.2) is 42.4 Å². The Morgan fingerprint density at radius 2 is 2.00 bits per heavy atom. The molecule has 0 aliphatic carbocycles. The summed E-state index contributed by atoms with van der Waals surface area (Å²) in [6.45, 7) is 5.57. The van der Waals surface area contributed by atoms with Gasteiger partial charge in [-0.15, -0.1) is 0 Å². The van der Waals surface area contributed by atoms with Crippen molar-refractivity contribution in [3.05, 3.63) is 34.9 Å². The molecule has 0 saturated heterocycles. The minimum Gasteiger partial charge on any atom is -0.389 e. The highest BCUT2D eigenvalue weighted by atomic mass is 35.5. The van der Waals surface area contributed by atoms with Gasteiger partial charge in [0.2, 0.25) is 0 Å². The predicted octanol–water partition coefficient (Wildman–Crippen LogP) is 2.56. The van der Waals surface area contributed by atoms with E-state index in [1.165, 1.54) is 0 Å². The average Bonchev–Trinajstić information content (AvgIpc) is 2.29. The van der Waals surface area contributed by atoms with Crippen LogP contribution < -0.4 is 0 Å². The molecule has 0 bridgehead atoms. The van der Waals surface area contributed by atoms with Gasteiger partial charge in [-0.3, -0.25) is 4.90 Å². The zero-order valence-electron chi connectivity index (χ0n) is 11.3. The zero-order chi connectivity index (χ0) is 13.5. The van der Waals surface area contributed by atoms with Gasteiger partial charge >= 0.3 is 0 Å². The number of rotatable bonds is 7. The van der Waals surface area contributed by atoms with Gasteiger partial charge < -0.3 is 9.84 Å². The van der Waals surface area contributed by atoms with Crippen LogP contribution in [0.3, 0.4) is 0 Å². The summed E-state index contributed by atoms with van der Waals surface area (Å²) in [5.74, 6) is 0. The summed E-state index contributed by atoms with van der Waals surface area (Å²) in [7, 11) is 1.96. The fourth-order valence-electron chi connectivity index (χ4n) is 1.70. The number of hydrogen-bond acceptors (Lipinski definition) is 3. The van der Waals surface area contributed by atoms with E-state index in [0.29, 0.717) is 13.2 Å². The molecule has 0 unspecified atom stereocenters. The topological polar surface area (TPSA) is 32.7 Å². The Kier molecular flexibility index (Phi) is 6.65. The molecule has 1 aromatic carbocycles. The second kappa shape index (κ2) is 7.74. The fraction of sp³-hybridized carbons (Fsp3) is 0.571. The molecule has 1 atom stereocenters. The molecule has 4 heteroatoms. The van der Waals surface area contributed by atoms with Crippen LogP contribution in [0, 0.1) is 0 Å². The standard InChI is InChI=1S/C14H22ClNO2/c1-11(2)18-10-13(17)9-16(3)8-12-6-4-5-7-14(12)15/h4-7,11,13,17H,8-10H2,1-3H3/t13-/m1/s1. The quantitative estimate of drug-likeness (QED) is 0.827. The summed E-state index contributed by atoms with van der Waals surface area (Å²) in [6.07, 6.45) is -0.326. The van der Waals surface area contributed by atoms with E-state index in [9.17, 15) is 5.11 Å². The highest BCUT2D eigenvalue weighted by Crippen LogP contribution is 2.16. The van der Waals surface area contributed by atoms with Gasteiger partial charge in [0.15, 0.2) is 0 Å². The maximum Gasteiger partial charge on any atom is 0.0900 e. The van der Waals surface area contributed by atoms with Crippen LogP contribution in [0.25, 0.3) is 0 Å². The molecule has 0 fully saturated rings. The van der Waals surface area contributed by atoms with E-state index < -0.39 is 6.10 Å². The van der Waals surface area contributed by atoms with E-state index in [2.05, 4.69) is 0 Å². The van der Waals surface area contributed by atoms with E-state index in [1.54, 1.807) is 0 Å². The third-order valence-corrected chi connectivity index (χ3v) is 2.91. The highest BCUT2D eigenvalue weighted by Gasteiger charge is 2.10. The SMILES string of the molecule is CC(C)OC[C@H](O)CN(C)Cc1ccccc1Cl. The molecular weight excluding hydrogens is 250 g/mol. The van der Waals surface area contributed by atoms with E-state index in [-0.39, 0.29) is 6.10 Å². The van der Waals surface area contributed by atoms with Crippen LogP contribution in [0.1, 0.15) is 19.4 Å². The number of aliphatic hydroxyl groups excluding tert-OH is 1. The summed E-state index contributed by atoms with van der Waals surface area (Å²) in [6, 6.07) is 7.75. The predicted molar refractivity (Wildman–Crippen MR) is 74.9 cm³/mol. The Bertz CT molecular complexity index is 357. The number of aliphatic hydroxyl groups is 1. The Labute approximate surface area is 114 Å². The summed E-state index contributed by atoms with van der Waals surface area (Å²) >= 11 is 6.09. The van der Waals surface area contributed by atoms with Crippen molar-refractivity contribution in [2.24, 2.45) is 0 Å². The molecule has 3 nitrogen and oxygen atoms in total. The van der Waals surface area contributed by atoms with Crippen molar-refractivity contribution >= 4 is 11.6 Å². The molecular formula is C14H22ClNO2. The third-order valence-electron chi connectivity index (χ3n) is 2.54. The third kappa shape index (κ3) is 5.83. The Hall–Kier alpha value is -0.610. The normalized spacial score (nSPS) is 13.3. The second-order valence-corrected chi connectivity index (χ2v) is 5.23. The molecule has 0 aromatic heterocycles. The van der Waals surface area contributed by atoms with E-state index >= 15 is 0 Å². The number of nitrogens with zero attached hydrogens (tertiary/aromatic N) is 1. The maximum absolute atomic E-state index is 9.82. The van der Waals surface area contributed by atoms with Crippen LogP contribution in [0.2, 0.25) is 5.02 Å². The first-order valence-electron chi connectivity index (χ1n) is 6.20. The summed E-state index contributed by atoms with van der Waals surface area (Å²) in [5.41, 5.74) is 1.07. The largest absolute Gasteiger partial charge is 0.389 e. The molecule has 1 N–H and O–H groups in total. The van der Waals surface area contributed by atoms with Crippen LogP contribution in [0.4, 0.5) is 0 Å². The molecule has 18 heavy (non-hydrogen) atoms. The number of hydrogen-bond donors (Lipinski definition) is 1. The Balaban J connectivity index is 2.37. The summed E-state index contributed by atoms with van der Waals surface area (Å²) < 4.78 is 5.38. The van der Waals surface area contributed by atoms with Gasteiger partial charge in [-0.2, -0.15) is 0 Å². The smallest absolute Gasteiger partial charge is 0.0900 e. The lowest BCUT2D eigenvalue weighted by molar-refractivity contribution is -0.00634. The molecule has 1 rings (SSSR count). The number of benzene rings is 1. The van der Waals surface area contributed by atoms with Crippen molar-refractivity contribution in [1.29, 1.82) is 0 Å². The van der Waals surface area contributed by atoms with Crippen molar-refractivity contribution in [2.75, 3.05) is 20.2 Å². The van der Waals surface area contributed by atoms with Crippen molar-refractivity contribution in [2.45, 2.75) is 32.6 Å². The molecule has 0 aliphatic rings. The second-order valence-electron chi connectivity index (χ2n) is 4.82. The molecule has 0 radical (unpaired) electrons. The van der Waals surface area contributed by atoms with Crippen LogP contribution >= 0.6 is 11.6 Å². The Morgan fingerprint density at radius 1 is 1.33 bits per heavy atom. The molecule has 0 amide bonds. The van der Waals surface area contributed by atoms with Crippen molar-refractivity contribution in [1.82, 2.24) is 4.90 Å². The molecule has 0 heterocycles. The lowest BCUT2D eigenvalue weighted by atomic mass is 10.2. The fourth-order valence-corrected chi connectivity index (χ4v) is 1.89. The molecule has 1 aromatic rings. The van der Waals surface area contributed by atoms with Gasteiger partial charge in [0.25, 0.3) is 0 Å². The lowest BCUT2D eigenvalue weighted by Crippen LogP contribution is -2.32. The maximum atomic E-state index is 9.82. The first-order valence-corrected chi connectivity index (χ1v) is 6.58. The van der Waals surface area contributed by atoms with Crippen molar-refractivity contribution < 1.29 is 9.84 Å². The lowest BCUT2D eigenvalue weighted by Gasteiger charge is -2.21. The average molecular weight is 272 g/mol. The first kappa shape index (κ1) is 15.4. The number of likely N-dealkylation sites (N-methyl/N-ethyl adjacent to an activating group) is 1. The highest BCUT2D eigenvalue weighted by molar-refractivity contribution is 6.31. The van der Waals surface area contributed by atoms with Gasteiger partial charge in [0, 0.05) is 18.1 Å². The van der Waals surface area contributed by atoms with Gasteiger partial charge in [0.05, 0.1) is 18.8 Å². The Morgan fingerprint density at radius 3 is 2.61 bits per heavy atom. The molecule has 0 aliphatic heterocycles. The van der Waals surface area contributed by atoms with E-state index in [4.69, 9.17) is 16.3 Å². The molecule has 0 saturated carbocycles. The van der Waals surface area contributed by atoms with Gasteiger partial charge in [-0.25, -0.2) is 0 Å². The first-order chi connectivity index (χ1) is 8.49. The van der Waals surface area contributed by atoms with Gasteiger partial charge in [-0.05, 0) is 32.5 Å². The monoisotopic (exact) mass is 271 g/mol. The molecule has 102 valence electrons.